The maximum atomic E-state index is 12.2. The average Bonchev–Trinajstić information content (AvgIpc) is 3.45. The highest BCUT2D eigenvalue weighted by Crippen LogP contribution is 2.40. The van der Waals surface area contributed by atoms with Gasteiger partial charge in [-0.15, -0.1) is 0 Å². The van der Waals surface area contributed by atoms with Crippen LogP contribution in [-0.4, -0.2) is 25.1 Å². The summed E-state index contributed by atoms with van der Waals surface area (Å²) in [4.78, 5) is 16.8. The van der Waals surface area contributed by atoms with Crippen LogP contribution in [0, 0.1) is 0 Å². The first kappa shape index (κ1) is 17.1. The van der Waals surface area contributed by atoms with Gasteiger partial charge in [0.15, 0.2) is 11.5 Å². The summed E-state index contributed by atoms with van der Waals surface area (Å²) >= 11 is 0. The van der Waals surface area contributed by atoms with E-state index in [1.807, 2.05) is 30.3 Å². The number of carbonyl (C=O) groups is 1. The quantitative estimate of drug-likeness (QED) is 0.657. The van der Waals surface area contributed by atoms with Gasteiger partial charge in [-0.2, -0.15) is 0 Å². The molecule has 1 saturated carbocycles. The fourth-order valence-corrected chi connectivity index (χ4v) is 2.81. The predicted molar refractivity (Wildman–Crippen MR) is 103 cm³/mol. The molecule has 1 fully saturated rings. The average molecular weight is 364 g/mol. The van der Waals surface area contributed by atoms with Gasteiger partial charge in [0, 0.05) is 23.7 Å². The third kappa shape index (κ3) is 3.95. The largest absolute Gasteiger partial charge is 0.497 e. The van der Waals surface area contributed by atoms with Crippen molar-refractivity contribution in [2.75, 3.05) is 19.5 Å². The van der Waals surface area contributed by atoms with Crippen LogP contribution in [0.15, 0.2) is 46.9 Å². The number of amides is 1. The standard InChI is InChI=1S/C21H20N2O4/c1-25-16-9-13(10-17(12-16)26-2)3-8-20(24)22-15-6-7-19-18(11-15)23-21(27-19)14-4-5-14/h3,6-12,14H,4-5H2,1-2H3,(H,22,24)/b8-3+. The van der Waals surface area contributed by atoms with E-state index in [1.165, 1.54) is 6.08 Å². The number of aromatic nitrogens is 1. The molecule has 0 spiro atoms. The molecule has 4 rings (SSSR count). The fraction of sp³-hybridized carbons (Fsp3) is 0.238. The summed E-state index contributed by atoms with van der Waals surface area (Å²) in [7, 11) is 3.17. The molecule has 1 aliphatic rings. The first-order valence-electron chi connectivity index (χ1n) is 8.77. The minimum Gasteiger partial charge on any atom is -0.497 e. The van der Waals surface area contributed by atoms with Crippen LogP contribution in [0.3, 0.4) is 0 Å². The van der Waals surface area contributed by atoms with Gasteiger partial charge < -0.3 is 19.2 Å². The topological polar surface area (TPSA) is 73.6 Å². The van der Waals surface area contributed by atoms with Gasteiger partial charge in [-0.05, 0) is 54.8 Å². The van der Waals surface area contributed by atoms with Crippen LogP contribution in [0.2, 0.25) is 0 Å². The van der Waals surface area contributed by atoms with Gasteiger partial charge >= 0.3 is 0 Å². The van der Waals surface area contributed by atoms with E-state index in [0.29, 0.717) is 23.1 Å². The van der Waals surface area contributed by atoms with Gasteiger partial charge in [0.2, 0.25) is 5.91 Å². The Kier molecular flexibility index (Phi) is 4.54. The number of oxazole rings is 1. The minimum absolute atomic E-state index is 0.234. The number of hydrogen-bond donors (Lipinski definition) is 1. The number of ether oxygens (including phenoxy) is 2. The van der Waals surface area contributed by atoms with Crippen molar-refractivity contribution in [3.8, 4) is 11.5 Å². The van der Waals surface area contributed by atoms with Crippen molar-refractivity contribution in [3.63, 3.8) is 0 Å². The third-order valence-electron chi connectivity index (χ3n) is 4.40. The van der Waals surface area contributed by atoms with E-state index in [9.17, 15) is 4.79 Å². The molecule has 0 bridgehead atoms. The Morgan fingerprint density at radius 1 is 1.15 bits per heavy atom. The van der Waals surface area contributed by atoms with Crippen LogP contribution in [0.5, 0.6) is 11.5 Å². The highest BCUT2D eigenvalue weighted by Gasteiger charge is 2.28. The molecule has 1 aliphatic carbocycles. The molecule has 6 heteroatoms. The number of nitrogens with one attached hydrogen (secondary N) is 1. The number of benzene rings is 2. The van der Waals surface area contributed by atoms with Crippen LogP contribution in [0.4, 0.5) is 5.69 Å². The number of nitrogens with zero attached hydrogens (tertiary/aromatic N) is 1. The predicted octanol–water partition coefficient (Wildman–Crippen LogP) is 4.37. The molecule has 1 aromatic heterocycles. The zero-order valence-corrected chi connectivity index (χ0v) is 15.2. The molecule has 0 radical (unpaired) electrons. The molecule has 3 aromatic rings. The lowest BCUT2D eigenvalue weighted by Gasteiger charge is -2.06. The highest BCUT2D eigenvalue weighted by atomic mass is 16.5. The molecular formula is C21H20N2O4. The van der Waals surface area contributed by atoms with Gasteiger partial charge in [0.1, 0.15) is 17.0 Å². The van der Waals surface area contributed by atoms with Crippen LogP contribution >= 0.6 is 0 Å². The van der Waals surface area contributed by atoms with Crippen molar-refractivity contribution in [2.24, 2.45) is 0 Å². The summed E-state index contributed by atoms with van der Waals surface area (Å²) < 4.78 is 16.2. The lowest BCUT2D eigenvalue weighted by Crippen LogP contribution is -2.07. The van der Waals surface area contributed by atoms with Gasteiger partial charge in [0.25, 0.3) is 0 Å². The second-order valence-electron chi connectivity index (χ2n) is 6.48. The molecule has 0 unspecified atom stereocenters. The normalized spacial score (nSPS) is 13.9. The Balaban J connectivity index is 1.47. The number of hydrogen-bond acceptors (Lipinski definition) is 5. The lowest BCUT2D eigenvalue weighted by molar-refractivity contribution is -0.111. The van der Waals surface area contributed by atoms with Crippen molar-refractivity contribution in [2.45, 2.75) is 18.8 Å². The summed E-state index contributed by atoms with van der Waals surface area (Å²) in [6, 6.07) is 10.9. The summed E-state index contributed by atoms with van der Waals surface area (Å²) in [5.41, 5.74) is 2.99. The number of rotatable bonds is 6. The Morgan fingerprint density at radius 3 is 2.56 bits per heavy atom. The Hall–Kier alpha value is -3.28. The van der Waals surface area contributed by atoms with E-state index in [0.717, 1.165) is 35.4 Å². The molecular weight excluding hydrogens is 344 g/mol. The monoisotopic (exact) mass is 364 g/mol. The zero-order chi connectivity index (χ0) is 18.8. The molecule has 1 amide bonds. The molecule has 0 saturated heterocycles. The van der Waals surface area contributed by atoms with E-state index in [1.54, 1.807) is 26.4 Å². The minimum atomic E-state index is -0.234. The van der Waals surface area contributed by atoms with Gasteiger partial charge in [-0.3, -0.25) is 4.79 Å². The number of fused-ring (bicyclic) bond motifs is 1. The van der Waals surface area contributed by atoms with Crippen LogP contribution in [0.25, 0.3) is 17.2 Å². The molecule has 1 heterocycles. The number of methoxy groups -OCH3 is 2. The van der Waals surface area contributed by atoms with Crippen LogP contribution < -0.4 is 14.8 Å². The van der Waals surface area contributed by atoms with E-state index in [4.69, 9.17) is 13.9 Å². The molecule has 2 aromatic carbocycles. The maximum absolute atomic E-state index is 12.2. The molecule has 6 nitrogen and oxygen atoms in total. The first-order valence-corrected chi connectivity index (χ1v) is 8.77. The summed E-state index contributed by atoms with van der Waals surface area (Å²) in [6.07, 6.45) is 5.45. The fourth-order valence-electron chi connectivity index (χ4n) is 2.81. The maximum Gasteiger partial charge on any atom is 0.248 e. The van der Waals surface area contributed by atoms with Crippen molar-refractivity contribution >= 4 is 28.8 Å². The number of anilines is 1. The molecule has 138 valence electrons. The Labute approximate surface area is 156 Å². The van der Waals surface area contributed by atoms with E-state index >= 15 is 0 Å². The van der Waals surface area contributed by atoms with Crippen LogP contribution in [0.1, 0.15) is 30.2 Å². The van der Waals surface area contributed by atoms with E-state index < -0.39 is 0 Å². The number of carbonyl (C=O) groups excluding carboxylic acids is 1. The summed E-state index contributed by atoms with van der Waals surface area (Å²) in [6.45, 7) is 0. The van der Waals surface area contributed by atoms with Crippen molar-refractivity contribution < 1.29 is 18.7 Å². The van der Waals surface area contributed by atoms with Gasteiger partial charge in [-0.1, -0.05) is 0 Å². The van der Waals surface area contributed by atoms with Gasteiger partial charge in [0.05, 0.1) is 14.2 Å². The van der Waals surface area contributed by atoms with Crippen LogP contribution in [-0.2, 0) is 4.79 Å². The second kappa shape index (κ2) is 7.15. The van der Waals surface area contributed by atoms with Crippen molar-refractivity contribution in [1.82, 2.24) is 4.98 Å². The Bertz CT molecular complexity index is 996. The summed E-state index contributed by atoms with van der Waals surface area (Å²) in [5, 5.41) is 2.85. The lowest BCUT2D eigenvalue weighted by atomic mass is 10.2. The highest BCUT2D eigenvalue weighted by molar-refractivity contribution is 6.02. The van der Waals surface area contributed by atoms with E-state index in [2.05, 4.69) is 10.3 Å². The zero-order valence-electron chi connectivity index (χ0n) is 15.2. The van der Waals surface area contributed by atoms with Crippen molar-refractivity contribution in [1.29, 1.82) is 0 Å². The SMILES string of the molecule is COc1cc(/C=C/C(=O)Nc2ccc3oc(C4CC4)nc3c2)cc(OC)c1. The smallest absolute Gasteiger partial charge is 0.248 e. The third-order valence-corrected chi connectivity index (χ3v) is 4.40. The second-order valence-corrected chi connectivity index (χ2v) is 6.48. The molecule has 0 atom stereocenters. The molecule has 1 N–H and O–H groups in total. The van der Waals surface area contributed by atoms with Gasteiger partial charge in [-0.25, -0.2) is 4.98 Å². The summed E-state index contributed by atoms with van der Waals surface area (Å²) in [5.74, 6) is 2.34. The Morgan fingerprint density at radius 2 is 1.89 bits per heavy atom. The first-order chi connectivity index (χ1) is 13.1. The molecule has 27 heavy (non-hydrogen) atoms. The molecule has 0 aliphatic heterocycles. The van der Waals surface area contributed by atoms with Crippen molar-refractivity contribution in [3.05, 3.63) is 53.9 Å². The van der Waals surface area contributed by atoms with E-state index in [-0.39, 0.29) is 5.91 Å².